The van der Waals surface area contributed by atoms with Crippen molar-refractivity contribution in [2.45, 2.75) is 6.92 Å². The summed E-state index contributed by atoms with van der Waals surface area (Å²) in [6, 6.07) is 0. The van der Waals surface area contributed by atoms with Crippen LogP contribution >= 0.6 is 0 Å². The van der Waals surface area contributed by atoms with Crippen LogP contribution in [-0.2, 0) is 0 Å². The maximum absolute atomic E-state index is 3.81. The number of amidine groups is 1. The number of hydrogen-bond donors (Lipinski definition) is 1. The predicted molar refractivity (Wildman–Crippen MR) is 40.2 cm³/mol. The van der Waals surface area contributed by atoms with Crippen LogP contribution in [0.4, 0.5) is 0 Å². The fourth-order valence-corrected chi connectivity index (χ4v) is 0.288. The van der Waals surface area contributed by atoms with Gasteiger partial charge in [-0.2, -0.15) is 5.10 Å². The fourth-order valence-electron chi connectivity index (χ4n) is 0.288. The summed E-state index contributed by atoms with van der Waals surface area (Å²) in [5.41, 5.74) is 2.55. The number of rotatable bonds is 2. The molecule has 9 heavy (non-hydrogen) atoms. The van der Waals surface area contributed by atoms with E-state index in [9.17, 15) is 0 Å². The first-order valence-corrected chi connectivity index (χ1v) is 2.48. The Balaban J connectivity index is 3.68. The van der Waals surface area contributed by atoms with E-state index < -0.39 is 0 Å². The van der Waals surface area contributed by atoms with Gasteiger partial charge in [0.05, 0.1) is 0 Å². The highest BCUT2D eigenvalue weighted by molar-refractivity contribution is 5.86. The van der Waals surface area contributed by atoms with Gasteiger partial charge >= 0.3 is 0 Å². The molecule has 0 aliphatic heterocycles. The van der Waals surface area contributed by atoms with Crippen molar-refractivity contribution >= 4 is 18.9 Å². The minimum Gasteiger partial charge on any atom is -0.277 e. The Bertz CT molecular complexity index is 136. The summed E-state index contributed by atoms with van der Waals surface area (Å²) in [7, 11) is 1.65. The monoisotopic (exact) mass is 126 g/mol. The molecule has 0 saturated heterocycles. The maximum Gasteiger partial charge on any atom is 0.120 e. The van der Waals surface area contributed by atoms with Gasteiger partial charge in [0.25, 0.3) is 0 Å². The molecule has 0 aromatic rings. The van der Waals surface area contributed by atoms with Crippen LogP contribution in [0.1, 0.15) is 6.92 Å². The first-order valence-electron chi connectivity index (χ1n) is 2.48. The van der Waals surface area contributed by atoms with E-state index in [-0.39, 0.29) is 0 Å². The summed E-state index contributed by atoms with van der Waals surface area (Å²) >= 11 is 0. The highest BCUT2D eigenvalue weighted by Crippen LogP contribution is 1.67. The number of aliphatic imine (C=N–C) groups is 2. The lowest BCUT2D eigenvalue weighted by Gasteiger charge is -1.91. The van der Waals surface area contributed by atoms with Gasteiger partial charge in [-0.25, -0.2) is 4.99 Å². The second kappa shape index (κ2) is 4.96. The van der Waals surface area contributed by atoms with Crippen LogP contribution in [0.3, 0.4) is 0 Å². The van der Waals surface area contributed by atoms with Crippen LogP contribution in [0.15, 0.2) is 15.1 Å². The Morgan fingerprint density at radius 3 is 2.78 bits per heavy atom. The minimum atomic E-state index is 0.676. The zero-order valence-corrected chi connectivity index (χ0v) is 5.63. The van der Waals surface area contributed by atoms with E-state index in [1.165, 1.54) is 6.34 Å². The Kier molecular flexibility index (Phi) is 4.30. The largest absolute Gasteiger partial charge is 0.277 e. The summed E-state index contributed by atoms with van der Waals surface area (Å²) in [6.07, 6.45) is 1.44. The molecule has 0 spiro atoms. The lowest BCUT2D eigenvalue weighted by Crippen LogP contribution is -2.12. The quantitative estimate of drug-likeness (QED) is 0.322. The molecule has 0 fully saturated rings. The summed E-state index contributed by atoms with van der Waals surface area (Å²) in [5.74, 6) is 0.676. The molecule has 50 valence electrons. The first-order chi connectivity index (χ1) is 4.31. The smallest absolute Gasteiger partial charge is 0.120 e. The standard InChI is InChI=1S/C5H10N4/c1-5(9-7-3)8-4-6-2/h4H,3H2,1-2H3,(H,6,8,9). The lowest BCUT2D eigenvalue weighted by molar-refractivity contribution is 1.03. The van der Waals surface area contributed by atoms with Crippen molar-refractivity contribution in [2.75, 3.05) is 7.05 Å². The lowest BCUT2D eigenvalue weighted by atomic mass is 10.7. The van der Waals surface area contributed by atoms with Crippen LogP contribution in [-0.4, -0.2) is 25.9 Å². The molecule has 0 heterocycles. The van der Waals surface area contributed by atoms with Gasteiger partial charge in [-0.15, -0.1) is 0 Å². The normalized spacial score (nSPS) is 12.0. The number of nitrogens with zero attached hydrogens (tertiary/aromatic N) is 3. The fraction of sp³-hybridized carbons (Fsp3) is 0.400. The second-order valence-electron chi connectivity index (χ2n) is 1.36. The van der Waals surface area contributed by atoms with Crippen molar-refractivity contribution in [3.8, 4) is 0 Å². The summed E-state index contributed by atoms with van der Waals surface area (Å²) < 4.78 is 0. The second-order valence-corrected chi connectivity index (χ2v) is 1.36. The van der Waals surface area contributed by atoms with Crippen molar-refractivity contribution in [1.29, 1.82) is 0 Å². The van der Waals surface area contributed by atoms with Gasteiger partial charge in [-0.1, -0.05) is 0 Å². The molecule has 0 amide bonds. The van der Waals surface area contributed by atoms with Gasteiger partial charge in [-0.05, 0) is 6.92 Å². The number of hydrogen-bond acceptors (Lipinski definition) is 2. The molecule has 0 unspecified atom stereocenters. The van der Waals surface area contributed by atoms with Gasteiger partial charge in [0.2, 0.25) is 0 Å². The molecule has 0 aromatic carbocycles. The molecular formula is C5H10N4. The van der Waals surface area contributed by atoms with Gasteiger partial charge < -0.3 is 0 Å². The third-order valence-corrected chi connectivity index (χ3v) is 0.608. The van der Waals surface area contributed by atoms with Gasteiger partial charge in [0, 0.05) is 13.8 Å². The number of hydrazone groups is 1. The average molecular weight is 126 g/mol. The Morgan fingerprint density at radius 2 is 2.33 bits per heavy atom. The van der Waals surface area contributed by atoms with E-state index in [0.29, 0.717) is 5.84 Å². The average Bonchev–Trinajstić information content (AvgIpc) is 1.85. The molecule has 0 aromatic heterocycles. The van der Waals surface area contributed by atoms with Crippen molar-refractivity contribution in [1.82, 2.24) is 5.43 Å². The molecule has 0 saturated carbocycles. The predicted octanol–water partition coefficient (Wildman–Crippen LogP) is 0.268. The van der Waals surface area contributed by atoms with Crippen molar-refractivity contribution < 1.29 is 0 Å². The van der Waals surface area contributed by atoms with E-state index in [1.807, 2.05) is 0 Å². The van der Waals surface area contributed by atoms with E-state index >= 15 is 0 Å². The van der Waals surface area contributed by atoms with Crippen molar-refractivity contribution in [3.05, 3.63) is 0 Å². The SMILES string of the molecule is C=NN/C(C)=N/C=N\C. The molecule has 0 aliphatic carbocycles. The third kappa shape index (κ3) is 4.67. The Hall–Kier alpha value is -1.19. The van der Waals surface area contributed by atoms with Gasteiger partial charge in [-0.3, -0.25) is 10.4 Å². The molecule has 1 N–H and O–H groups in total. The maximum atomic E-state index is 3.81. The summed E-state index contributed by atoms with van der Waals surface area (Å²) in [5, 5.41) is 3.40. The molecule has 4 nitrogen and oxygen atoms in total. The molecule has 0 rings (SSSR count). The van der Waals surface area contributed by atoms with Gasteiger partial charge in [0.1, 0.15) is 12.2 Å². The van der Waals surface area contributed by atoms with E-state index in [2.05, 4.69) is 27.2 Å². The van der Waals surface area contributed by atoms with E-state index in [0.717, 1.165) is 0 Å². The number of nitrogens with one attached hydrogen (secondary N) is 1. The summed E-state index contributed by atoms with van der Waals surface area (Å²) in [4.78, 5) is 7.46. The van der Waals surface area contributed by atoms with Crippen molar-refractivity contribution in [2.24, 2.45) is 15.1 Å². The first kappa shape index (κ1) is 7.81. The minimum absolute atomic E-state index is 0.676. The zero-order chi connectivity index (χ0) is 7.11. The molecule has 0 atom stereocenters. The van der Waals surface area contributed by atoms with Crippen LogP contribution in [0.5, 0.6) is 0 Å². The van der Waals surface area contributed by atoms with Gasteiger partial charge in [0.15, 0.2) is 0 Å². The summed E-state index contributed by atoms with van der Waals surface area (Å²) in [6.45, 7) is 5.00. The molecule has 0 radical (unpaired) electrons. The molecule has 0 bridgehead atoms. The molecule has 4 heteroatoms. The molecular weight excluding hydrogens is 116 g/mol. The Labute approximate surface area is 54.4 Å². The molecule has 0 aliphatic rings. The highest BCUT2D eigenvalue weighted by Gasteiger charge is 1.78. The van der Waals surface area contributed by atoms with E-state index in [4.69, 9.17) is 0 Å². The zero-order valence-electron chi connectivity index (χ0n) is 5.63. The topological polar surface area (TPSA) is 49.1 Å². The highest BCUT2D eigenvalue weighted by atomic mass is 15.3. The van der Waals surface area contributed by atoms with Crippen LogP contribution < -0.4 is 5.43 Å². The van der Waals surface area contributed by atoms with Crippen LogP contribution in [0.2, 0.25) is 0 Å². The van der Waals surface area contributed by atoms with Crippen LogP contribution in [0.25, 0.3) is 0 Å². The van der Waals surface area contributed by atoms with E-state index in [1.54, 1.807) is 14.0 Å². The Morgan fingerprint density at radius 1 is 1.67 bits per heavy atom. The van der Waals surface area contributed by atoms with Crippen molar-refractivity contribution in [3.63, 3.8) is 0 Å². The third-order valence-electron chi connectivity index (χ3n) is 0.608. The van der Waals surface area contributed by atoms with Crippen LogP contribution in [0, 0.1) is 0 Å².